The summed E-state index contributed by atoms with van der Waals surface area (Å²) >= 11 is 0. The van der Waals surface area contributed by atoms with Crippen LogP contribution in [0.1, 0.15) is 32.2 Å². The van der Waals surface area contributed by atoms with Crippen molar-refractivity contribution in [2.24, 2.45) is 0 Å². The largest absolute Gasteiger partial charge is 0.309 e. The molecule has 4 aromatic heterocycles. The van der Waals surface area contributed by atoms with Crippen LogP contribution in [0.5, 0.6) is 0 Å². The second kappa shape index (κ2) is 9.56. The third-order valence-electron chi connectivity index (χ3n) is 7.78. The summed E-state index contributed by atoms with van der Waals surface area (Å²) in [4.78, 5) is 13.7. The Morgan fingerprint density at radius 3 is 2.02 bits per heavy atom. The molecule has 7 aromatic rings. The van der Waals surface area contributed by atoms with E-state index in [1.165, 1.54) is 27.4 Å². The molecule has 3 aromatic carbocycles. The van der Waals surface area contributed by atoms with E-state index in [2.05, 4.69) is 133 Å². The van der Waals surface area contributed by atoms with Crippen molar-refractivity contribution in [3.8, 4) is 33.9 Å². The lowest BCUT2D eigenvalue weighted by molar-refractivity contribution is 0.568. The van der Waals surface area contributed by atoms with Gasteiger partial charge in [-0.1, -0.05) is 51.1 Å². The Bertz CT molecular complexity index is 2010. The summed E-state index contributed by atoms with van der Waals surface area (Å²) < 4.78 is 4.53. The molecule has 0 spiro atoms. The third kappa shape index (κ3) is 4.30. The highest BCUT2D eigenvalue weighted by molar-refractivity contribution is 6.10. The minimum Gasteiger partial charge on any atom is -0.309 e. The van der Waals surface area contributed by atoms with Gasteiger partial charge in [0, 0.05) is 57.4 Å². The van der Waals surface area contributed by atoms with Crippen LogP contribution in [0.4, 0.5) is 0 Å². The Labute approximate surface area is 239 Å². The van der Waals surface area contributed by atoms with E-state index in [1.54, 1.807) is 0 Å². The molecule has 0 bridgehead atoms. The van der Waals surface area contributed by atoms with E-state index in [4.69, 9.17) is 9.97 Å². The predicted molar refractivity (Wildman–Crippen MR) is 168 cm³/mol. The van der Waals surface area contributed by atoms with E-state index in [0.717, 1.165) is 39.7 Å². The Morgan fingerprint density at radius 1 is 0.585 bits per heavy atom. The van der Waals surface area contributed by atoms with Crippen LogP contribution in [-0.4, -0.2) is 24.1 Å². The number of rotatable bonds is 4. The summed E-state index contributed by atoms with van der Waals surface area (Å²) in [5, 5.41) is 2.48. The Kier molecular flexibility index (Phi) is 5.82. The van der Waals surface area contributed by atoms with Crippen LogP contribution in [0.25, 0.3) is 55.7 Å². The molecule has 7 rings (SSSR count). The molecule has 0 N–H and O–H groups in total. The standard InChI is InChI=1S/C36H31N5/c1-24-22-39-35(40(24)29-14-16-34(38-23-29)36(2,3)4)26-9-12-28(13-10-26)41-32-8-6-5-7-30(32)31-15-11-27(21-33(31)41)25-17-19-37-20-18-25/h5-23H,1-4H3. The number of aryl methyl sites for hydroxylation is 1. The molecule has 5 nitrogen and oxygen atoms in total. The average Bonchev–Trinajstić information content (AvgIpc) is 3.55. The van der Waals surface area contributed by atoms with Crippen molar-refractivity contribution in [3.63, 3.8) is 0 Å². The van der Waals surface area contributed by atoms with E-state index in [1.807, 2.05) is 24.8 Å². The van der Waals surface area contributed by atoms with Gasteiger partial charge in [0.25, 0.3) is 0 Å². The van der Waals surface area contributed by atoms with E-state index < -0.39 is 0 Å². The maximum absolute atomic E-state index is 4.79. The summed E-state index contributed by atoms with van der Waals surface area (Å²) in [6.45, 7) is 8.63. The molecule has 5 heteroatoms. The lowest BCUT2D eigenvalue weighted by Gasteiger charge is -2.18. The highest BCUT2D eigenvalue weighted by Gasteiger charge is 2.18. The van der Waals surface area contributed by atoms with Crippen molar-refractivity contribution < 1.29 is 0 Å². The number of nitrogens with zero attached hydrogens (tertiary/aromatic N) is 5. The van der Waals surface area contributed by atoms with Crippen molar-refractivity contribution in [2.45, 2.75) is 33.1 Å². The molecule has 4 heterocycles. The number of imidazole rings is 1. The Hall–Kier alpha value is -5.03. The molecule has 0 unspecified atom stereocenters. The van der Waals surface area contributed by atoms with Gasteiger partial charge in [-0.05, 0) is 78.7 Å². The average molecular weight is 534 g/mol. The molecular weight excluding hydrogens is 502 g/mol. The van der Waals surface area contributed by atoms with Crippen LogP contribution < -0.4 is 0 Å². The van der Waals surface area contributed by atoms with Crippen molar-refractivity contribution >= 4 is 21.8 Å². The second-order valence-electron chi connectivity index (χ2n) is 11.6. The lowest BCUT2D eigenvalue weighted by atomic mass is 9.92. The summed E-state index contributed by atoms with van der Waals surface area (Å²) in [7, 11) is 0. The van der Waals surface area contributed by atoms with Crippen LogP contribution in [-0.2, 0) is 5.41 Å². The van der Waals surface area contributed by atoms with Crippen molar-refractivity contribution in [2.75, 3.05) is 0 Å². The molecular formula is C36H31N5. The van der Waals surface area contributed by atoms with Gasteiger partial charge in [-0.25, -0.2) is 4.98 Å². The molecule has 0 atom stereocenters. The fourth-order valence-corrected chi connectivity index (χ4v) is 5.66. The van der Waals surface area contributed by atoms with Gasteiger partial charge in [0.05, 0.1) is 22.9 Å². The van der Waals surface area contributed by atoms with E-state index in [0.29, 0.717) is 0 Å². The van der Waals surface area contributed by atoms with Gasteiger partial charge in [-0.3, -0.25) is 14.5 Å². The summed E-state index contributed by atoms with van der Waals surface area (Å²) in [5.41, 5.74) is 10.0. The van der Waals surface area contributed by atoms with E-state index >= 15 is 0 Å². The third-order valence-corrected chi connectivity index (χ3v) is 7.78. The van der Waals surface area contributed by atoms with Gasteiger partial charge in [-0.2, -0.15) is 0 Å². The number of benzene rings is 3. The fraction of sp³-hybridized carbons (Fsp3) is 0.139. The number of pyridine rings is 2. The maximum atomic E-state index is 4.79. The Morgan fingerprint density at radius 2 is 1.29 bits per heavy atom. The fourth-order valence-electron chi connectivity index (χ4n) is 5.66. The molecule has 41 heavy (non-hydrogen) atoms. The van der Waals surface area contributed by atoms with Gasteiger partial charge in [0.2, 0.25) is 0 Å². The zero-order valence-corrected chi connectivity index (χ0v) is 23.7. The first kappa shape index (κ1) is 25.0. The minimum absolute atomic E-state index is 0.00699. The van der Waals surface area contributed by atoms with Gasteiger partial charge in [0.15, 0.2) is 0 Å². The normalized spacial score (nSPS) is 11.9. The highest BCUT2D eigenvalue weighted by Crippen LogP contribution is 2.35. The number of hydrogen-bond donors (Lipinski definition) is 0. The SMILES string of the molecule is Cc1cnc(-c2ccc(-n3c4ccccc4c4ccc(-c5ccncc5)cc43)cc2)n1-c1ccc(C(C)(C)C)nc1. The highest BCUT2D eigenvalue weighted by atomic mass is 15.1. The van der Waals surface area contributed by atoms with E-state index in [-0.39, 0.29) is 5.41 Å². The second-order valence-corrected chi connectivity index (χ2v) is 11.6. The quantitative estimate of drug-likeness (QED) is 0.227. The zero-order valence-electron chi connectivity index (χ0n) is 23.7. The summed E-state index contributed by atoms with van der Waals surface area (Å²) in [6.07, 6.45) is 7.56. The molecule has 200 valence electrons. The van der Waals surface area contributed by atoms with Crippen LogP contribution in [0.15, 0.2) is 116 Å². The van der Waals surface area contributed by atoms with Crippen molar-refractivity contribution in [3.05, 3.63) is 127 Å². The molecule has 0 amide bonds. The molecule has 0 aliphatic rings. The number of aromatic nitrogens is 5. The number of fused-ring (bicyclic) bond motifs is 3. The first-order chi connectivity index (χ1) is 19.9. The van der Waals surface area contributed by atoms with E-state index in [9.17, 15) is 0 Å². The number of para-hydroxylation sites is 1. The predicted octanol–water partition coefficient (Wildman–Crippen LogP) is 8.70. The van der Waals surface area contributed by atoms with Crippen LogP contribution in [0, 0.1) is 6.92 Å². The lowest BCUT2D eigenvalue weighted by Crippen LogP contribution is -2.13. The van der Waals surface area contributed by atoms with Gasteiger partial charge >= 0.3 is 0 Å². The van der Waals surface area contributed by atoms with Crippen molar-refractivity contribution in [1.82, 2.24) is 24.1 Å². The van der Waals surface area contributed by atoms with Crippen molar-refractivity contribution in [1.29, 1.82) is 0 Å². The zero-order chi connectivity index (χ0) is 28.1. The van der Waals surface area contributed by atoms with Crippen LogP contribution in [0.2, 0.25) is 0 Å². The van der Waals surface area contributed by atoms with Crippen LogP contribution in [0.3, 0.4) is 0 Å². The molecule has 0 aliphatic heterocycles. The summed E-state index contributed by atoms with van der Waals surface area (Å²) in [5.74, 6) is 0.904. The molecule has 0 radical (unpaired) electrons. The first-order valence-electron chi connectivity index (χ1n) is 13.9. The smallest absolute Gasteiger partial charge is 0.144 e. The molecule has 0 aliphatic carbocycles. The molecule has 0 saturated carbocycles. The van der Waals surface area contributed by atoms with Crippen LogP contribution >= 0.6 is 0 Å². The molecule has 0 saturated heterocycles. The molecule has 0 fully saturated rings. The summed E-state index contributed by atoms with van der Waals surface area (Å²) in [6, 6.07) is 32.4. The van der Waals surface area contributed by atoms with Gasteiger partial charge < -0.3 is 4.57 Å². The van der Waals surface area contributed by atoms with Gasteiger partial charge in [0.1, 0.15) is 5.82 Å². The Balaban J connectivity index is 1.33. The first-order valence-corrected chi connectivity index (χ1v) is 13.9. The monoisotopic (exact) mass is 533 g/mol. The minimum atomic E-state index is 0.00699. The topological polar surface area (TPSA) is 48.5 Å². The number of hydrogen-bond acceptors (Lipinski definition) is 3. The maximum Gasteiger partial charge on any atom is 0.144 e. The van der Waals surface area contributed by atoms with Gasteiger partial charge in [-0.15, -0.1) is 0 Å².